The molecule has 0 unspecified atom stereocenters. The van der Waals surface area contributed by atoms with Gasteiger partial charge in [0, 0.05) is 42.0 Å². The minimum atomic E-state index is -3.55. The second-order valence-corrected chi connectivity index (χ2v) is 10.0. The van der Waals surface area contributed by atoms with Gasteiger partial charge in [0.2, 0.25) is 10.0 Å². The number of thioether (sulfide) groups is 1. The van der Waals surface area contributed by atoms with Gasteiger partial charge in [-0.3, -0.25) is 4.79 Å². The number of piperazine rings is 1. The normalized spacial score (nSPS) is 15.7. The molecule has 5 nitrogen and oxygen atoms in total. The summed E-state index contributed by atoms with van der Waals surface area (Å²) in [6.45, 7) is 1.37. The molecule has 27 heavy (non-hydrogen) atoms. The Morgan fingerprint density at radius 3 is 2.33 bits per heavy atom. The molecule has 2 aromatic carbocycles. The van der Waals surface area contributed by atoms with Crippen LogP contribution in [0.4, 0.5) is 0 Å². The lowest BCUT2D eigenvalue weighted by Gasteiger charge is -2.34. The average molecular weight is 469 g/mol. The lowest BCUT2D eigenvalue weighted by Crippen LogP contribution is -2.50. The molecule has 0 aromatic heterocycles. The molecule has 0 bridgehead atoms. The maximum atomic E-state index is 12.8. The summed E-state index contributed by atoms with van der Waals surface area (Å²) in [5, 5.41) is 0. The highest BCUT2D eigenvalue weighted by Gasteiger charge is 2.30. The fourth-order valence-electron chi connectivity index (χ4n) is 3.00. The number of rotatable bonds is 5. The van der Waals surface area contributed by atoms with Crippen molar-refractivity contribution < 1.29 is 13.2 Å². The molecule has 0 spiro atoms. The van der Waals surface area contributed by atoms with Crippen molar-refractivity contribution in [3.8, 4) is 0 Å². The Morgan fingerprint density at radius 1 is 1.07 bits per heavy atom. The van der Waals surface area contributed by atoms with Gasteiger partial charge in [0.25, 0.3) is 5.91 Å². The highest BCUT2D eigenvalue weighted by Crippen LogP contribution is 2.22. The van der Waals surface area contributed by atoms with Crippen LogP contribution in [0.2, 0.25) is 0 Å². The van der Waals surface area contributed by atoms with Gasteiger partial charge >= 0.3 is 0 Å². The topological polar surface area (TPSA) is 57.7 Å². The number of halogens is 1. The van der Waals surface area contributed by atoms with Crippen LogP contribution in [0.3, 0.4) is 0 Å². The van der Waals surface area contributed by atoms with E-state index >= 15 is 0 Å². The van der Waals surface area contributed by atoms with E-state index in [0.717, 1.165) is 10.2 Å². The highest BCUT2D eigenvalue weighted by molar-refractivity contribution is 9.10. The van der Waals surface area contributed by atoms with Crippen molar-refractivity contribution in [3.05, 3.63) is 64.1 Å². The van der Waals surface area contributed by atoms with E-state index in [1.807, 2.05) is 30.5 Å². The molecule has 0 atom stereocenters. The predicted molar refractivity (Wildman–Crippen MR) is 112 cm³/mol. The standard InChI is InChI=1S/C19H21BrN2O3S2/c1-26-14-15-5-7-16(8-6-15)19(23)21-9-11-22(12-10-21)27(24,25)18-4-2-3-17(20)13-18/h2-8,13H,9-12,14H2,1H3. The van der Waals surface area contributed by atoms with Gasteiger partial charge in [0.05, 0.1) is 4.90 Å². The van der Waals surface area contributed by atoms with Crippen molar-refractivity contribution in [1.82, 2.24) is 9.21 Å². The second-order valence-electron chi connectivity index (χ2n) is 6.28. The first-order valence-electron chi connectivity index (χ1n) is 8.54. The molecule has 0 radical (unpaired) electrons. The molecule has 1 fully saturated rings. The number of carbonyl (C=O) groups excluding carboxylic acids is 1. The third-order valence-corrected chi connectivity index (χ3v) is 7.48. The Balaban J connectivity index is 1.65. The molecule has 2 aromatic rings. The summed E-state index contributed by atoms with van der Waals surface area (Å²) in [4.78, 5) is 14.7. The molecule has 3 rings (SSSR count). The molecule has 8 heteroatoms. The Bertz CT molecular complexity index is 909. The summed E-state index contributed by atoms with van der Waals surface area (Å²) in [5.74, 6) is 0.867. The van der Waals surface area contributed by atoms with Gasteiger partial charge in [0.1, 0.15) is 0 Å². The van der Waals surface area contributed by atoms with Gasteiger partial charge in [-0.25, -0.2) is 8.42 Å². The molecule has 0 N–H and O–H groups in total. The molecule has 1 amide bonds. The Morgan fingerprint density at radius 2 is 1.74 bits per heavy atom. The zero-order valence-corrected chi connectivity index (χ0v) is 18.2. The van der Waals surface area contributed by atoms with Gasteiger partial charge in [0.15, 0.2) is 0 Å². The van der Waals surface area contributed by atoms with Crippen LogP contribution in [-0.2, 0) is 15.8 Å². The van der Waals surface area contributed by atoms with Crippen molar-refractivity contribution in [2.24, 2.45) is 0 Å². The first-order chi connectivity index (χ1) is 12.9. The number of carbonyl (C=O) groups is 1. The van der Waals surface area contributed by atoms with E-state index < -0.39 is 10.0 Å². The van der Waals surface area contributed by atoms with Crippen LogP contribution in [0.5, 0.6) is 0 Å². The quantitative estimate of drug-likeness (QED) is 0.673. The van der Waals surface area contributed by atoms with Gasteiger partial charge in [-0.1, -0.05) is 34.1 Å². The van der Waals surface area contributed by atoms with Crippen molar-refractivity contribution in [1.29, 1.82) is 0 Å². The summed E-state index contributed by atoms with van der Waals surface area (Å²) in [6, 6.07) is 14.3. The monoisotopic (exact) mass is 468 g/mol. The van der Waals surface area contributed by atoms with E-state index in [0.29, 0.717) is 31.7 Å². The SMILES string of the molecule is CSCc1ccc(C(=O)N2CCN(S(=O)(=O)c3cccc(Br)c3)CC2)cc1. The van der Waals surface area contributed by atoms with E-state index in [9.17, 15) is 13.2 Å². The van der Waals surface area contributed by atoms with Crippen molar-refractivity contribution in [3.63, 3.8) is 0 Å². The number of sulfonamides is 1. The molecular formula is C19H21BrN2O3S2. The van der Waals surface area contributed by atoms with Crippen molar-refractivity contribution >= 4 is 43.6 Å². The molecule has 0 aliphatic carbocycles. The average Bonchev–Trinajstić information content (AvgIpc) is 2.68. The van der Waals surface area contributed by atoms with E-state index in [1.54, 1.807) is 40.9 Å². The molecule has 1 saturated heterocycles. The second kappa shape index (κ2) is 8.77. The number of nitrogens with zero attached hydrogens (tertiary/aromatic N) is 2. The fourth-order valence-corrected chi connectivity index (χ4v) is 5.55. The van der Waals surface area contributed by atoms with Gasteiger partial charge < -0.3 is 4.90 Å². The fraction of sp³-hybridized carbons (Fsp3) is 0.316. The smallest absolute Gasteiger partial charge is 0.253 e. The lowest BCUT2D eigenvalue weighted by molar-refractivity contribution is 0.0698. The van der Waals surface area contributed by atoms with E-state index in [4.69, 9.17) is 0 Å². The van der Waals surface area contributed by atoms with Crippen molar-refractivity contribution in [2.45, 2.75) is 10.6 Å². The molecule has 144 valence electrons. The van der Waals surface area contributed by atoms with Crippen LogP contribution >= 0.6 is 27.7 Å². The van der Waals surface area contributed by atoms with Crippen LogP contribution in [0, 0.1) is 0 Å². The Hall–Kier alpha value is -1.35. The minimum Gasteiger partial charge on any atom is -0.336 e. The maximum absolute atomic E-state index is 12.8. The first-order valence-corrected chi connectivity index (χ1v) is 12.2. The maximum Gasteiger partial charge on any atom is 0.253 e. The van der Waals surface area contributed by atoms with Crippen LogP contribution in [-0.4, -0.2) is 56.0 Å². The zero-order chi connectivity index (χ0) is 19.4. The third-order valence-electron chi connectivity index (χ3n) is 4.47. The molecular weight excluding hydrogens is 448 g/mol. The van der Waals surface area contributed by atoms with E-state index in [-0.39, 0.29) is 10.8 Å². The van der Waals surface area contributed by atoms with E-state index in [1.165, 1.54) is 9.87 Å². The van der Waals surface area contributed by atoms with E-state index in [2.05, 4.69) is 15.9 Å². The first kappa shape index (κ1) is 20.4. The van der Waals surface area contributed by atoms with Crippen molar-refractivity contribution in [2.75, 3.05) is 32.4 Å². The lowest BCUT2D eigenvalue weighted by atomic mass is 10.1. The molecule has 0 saturated carbocycles. The number of hydrogen-bond acceptors (Lipinski definition) is 4. The Labute approximate surface area is 172 Å². The number of hydrogen-bond donors (Lipinski definition) is 0. The zero-order valence-electron chi connectivity index (χ0n) is 15.0. The summed E-state index contributed by atoms with van der Waals surface area (Å²) >= 11 is 5.05. The summed E-state index contributed by atoms with van der Waals surface area (Å²) in [5.41, 5.74) is 1.83. The van der Waals surface area contributed by atoms with Crippen LogP contribution in [0.15, 0.2) is 57.9 Å². The van der Waals surface area contributed by atoms with Crippen LogP contribution < -0.4 is 0 Å². The summed E-state index contributed by atoms with van der Waals surface area (Å²) < 4.78 is 27.7. The molecule has 1 heterocycles. The van der Waals surface area contributed by atoms with Gasteiger partial charge in [-0.2, -0.15) is 16.1 Å². The summed E-state index contributed by atoms with van der Waals surface area (Å²) in [7, 11) is -3.55. The van der Waals surface area contributed by atoms with Gasteiger partial charge in [-0.05, 0) is 42.2 Å². The van der Waals surface area contributed by atoms with Crippen LogP contribution in [0.25, 0.3) is 0 Å². The number of amides is 1. The minimum absolute atomic E-state index is 0.0507. The predicted octanol–water partition coefficient (Wildman–Crippen LogP) is 3.46. The highest BCUT2D eigenvalue weighted by atomic mass is 79.9. The molecule has 1 aliphatic heterocycles. The summed E-state index contributed by atoms with van der Waals surface area (Å²) in [6.07, 6.45) is 2.04. The Kier molecular flexibility index (Phi) is 6.62. The van der Waals surface area contributed by atoms with Crippen LogP contribution in [0.1, 0.15) is 15.9 Å². The third kappa shape index (κ3) is 4.74. The number of benzene rings is 2. The largest absolute Gasteiger partial charge is 0.336 e. The molecule has 1 aliphatic rings. The van der Waals surface area contributed by atoms with Gasteiger partial charge in [-0.15, -0.1) is 0 Å².